The number of hydrogen-bond donors (Lipinski definition) is 3. The van der Waals surface area contributed by atoms with Gasteiger partial charge in [-0.05, 0) is 13.0 Å². The summed E-state index contributed by atoms with van der Waals surface area (Å²) < 4.78 is 0. The van der Waals surface area contributed by atoms with Crippen LogP contribution in [0.5, 0.6) is 0 Å². The van der Waals surface area contributed by atoms with Gasteiger partial charge in [-0.3, -0.25) is 4.79 Å². The molecule has 2 atom stereocenters. The largest absolute Gasteiger partial charge is 0.480 e. The van der Waals surface area contributed by atoms with E-state index in [9.17, 15) is 9.59 Å². The van der Waals surface area contributed by atoms with Crippen molar-refractivity contribution in [2.75, 3.05) is 13.6 Å². The van der Waals surface area contributed by atoms with Crippen LogP contribution in [0.2, 0.25) is 0 Å². The maximum atomic E-state index is 11.1. The number of aliphatic carboxylic acids is 1. The highest BCUT2D eigenvalue weighted by atomic mass is 16.4. The van der Waals surface area contributed by atoms with Gasteiger partial charge in [0.25, 0.3) is 0 Å². The Bertz CT molecular complexity index is 206. The highest BCUT2D eigenvalue weighted by Crippen LogP contribution is 2.07. The minimum Gasteiger partial charge on any atom is -0.480 e. The summed E-state index contributed by atoms with van der Waals surface area (Å²) in [5.74, 6) is -1.34. The first-order chi connectivity index (χ1) is 6.52. The molecule has 0 aliphatic heterocycles. The topological polar surface area (TPSA) is 78.4 Å². The first kappa shape index (κ1) is 12.9. The van der Waals surface area contributed by atoms with Crippen LogP contribution in [0.1, 0.15) is 20.3 Å². The molecule has 0 aromatic rings. The zero-order valence-electron chi connectivity index (χ0n) is 8.83. The third kappa shape index (κ3) is 4.23. The van der Waals surface area contributed by atoms with E-state index < -0.39 is 12.0 Å². The number of rotatable bonds is 6. The Morgan fingerprint density at radius 3 is 2.36 bits per heavy atom. The van der Waals surface area contributed by atoms with Crippen LogP contribution in [0.3, 0.4) is 0 Å². The average molecular weight is 202 g/mol. The van der Waals surface area contributed by atoms with E-state index >= 15 is 0 Å². The molecule has 0 heterocycles. The number of likely N-dealkylation sites (N-methyl/N-ethyl adjacent to an activating group) is 1. The molecular formula is C9H18N2O3. The summed E-state index contributed by atoms with van der Waals surface area (Å²) in [5, 5.41) is 14.0. The predicted molar refractivity (Wildman–Crippen MR) is 52.9 cm³/mol. The summed E-state index contributed by atoms with van der Waals surface area (Å²) in [7, 11) is 1.64. The van der Waals surface area contributed by atoms with Gasteiger partial charge in [0.15, 0.2) is 0 Å². The molecule has 0 rings (SSSR count). The maximum Gasteiger partial charge on any atom is 0.326 e. The number of carboxylic acid groups (broad SMARTS) is 1. The Balaban J connectivity index is 4.23. The molecule has 0 aliphatic rings. The van der Waals surface area contributed by atoms with Crippen LogP contribution in [0, 0.1) is 5.92 Å². The van der Waals surface area contributed by atoms with Crippen LogP contribution in [0.4, 0.5) is 0 Å². The van der Waals surface area contributed by atoms with E-state index in [-0.39, 0.29) is 18.4 Å². The Morgan fingerprint density at radius 1 is 1.43 bits per heavy atom. The second-order valence-corrected chi connectivity index (χ2v) is 3.30. The van der Waals surface area contributed by atoms with Crippen molar-refractivity contribution in [1.82, 2.24) is 10.6 Å². The molecule has 0 fully saturated rings. The Kier molecular flexibility index (Phi) is 5.87. The highest BCUT2D eigenvalue weighted by molar-refractivity contribution is 5.84. The molecule has 3 N–H and O–H groups in total. The molecule has 0 bridgehead atoms. The highest BCUT2D eigenvalue weighted by Gasteiger charge is 2.24. The molecule has 82 valence electrons. The van der Waals surface area contributed by atoms with E-state index in [1.54, 1.807) is 14.0 Å². The summed E-state index contributed by atoms with van der Waals surface area (Å²) in [5.41, 5.74) is 0. The fourth-order valence-electron chi connectivity index (χ4n) is 1.07. The predicted octanol–water partition coefficient (Wildman–Crippen LogP) is -0.179. The van der Waals surface area contributed by atoms with Gasteiger partial charge in [-0.15, -0.1) is 0 Å². The van der Waals surface area contributed by atoms with Gasteiger partial charge in [0.1, 0.15) is 6.04 Å². The molecule has 0 radical (unpaired) electrons. The van der Waals surface area contributed by atoms with Crippen molar-refractivity contribution in [3.8, 4) is 0 Å². The average Bonchev–Trinajstić information content (AvgIpc) is 2.13. The fraction of sp³-hybridized carbons (Fsp3) is 0.778. The molecule has 0 aromatic heterocycles. The number of carboxylic acids is 1. The molecule has 0 spiro atoms. The number of hydrogen-bond acceptors (Lipinski definition) is 3. The van der Waals surface area contributed by atoms with Crippen LogP contribution in [-0.4, -0.2) is 36.6 Å². The molecular weight excluding hydrogens is 184 g/mol. The summed E-state index contributed by atoms with van der Waals surface area (Å²) in [6, 6.07) is -0.791. The van der Waals surface area contributed by atoms with Gasteiger partial charge in [-0.2, -0.15) is 0 Å². The molecule has 0 aliphatic carbocycles. The third-order valence-corrected chi connectivity index (χ3v) is 2.13. The van der Waals surface area contributed by atoms with Gasteiger partial charge in [0.2, 0.25) is 5.91 Å². The monoisotopic (exact) mass is 202 g/mol. The van der Waals surface area contributed by atoms with Crippen molar-refractivity contribution in [2.45, 2.75) is 26.3 Å². The molecule has 5 heteroatoms. The lowest BCUT2D eigenvalue weighted by Gasteiger charge is -2.19. The molecule has 0 unspecified atom stereocenters. The summed E-state index contributed by atoms with van der Waals surface area (Å²) in [4.78, 5) is 21.9. The molecule has 0 saturated heterocycles. The molecule has 0 aromatic carbocycles. The summed E-state index contributed by atoms with van der Waals surface area (Å²) in [6.07, 6.45) is 0.719. The van der Waals surface area contributed by atoms with Gasteiger partial charge < -0.3 is 15.7 Å². The quantitative estimate of drug-likeness (QED) is 0.558. The van der Waals surface area contributed by atoms with Crippen molar-refractivity contribution in [2.24, 2.45) is 5.92 Å². The van der Waals surface area contributed by atoms with Crippen molar-refractivity contribution in [3.05, 3.63) is 0 Å². The SMILES string of the molecule is CC[C@@H](C)[C@@H](NC(=O)CNC)C(=O)O. The normalized spacial score (nSPS) is 14.5. The minimum absolute atomic E-state index is 0.0618. The number of amides is 1. The molecule has 5 nitrogen and oxygen atoms in total. The number of carbonyl (C=O) groups is 2. The smallest absolute Gasteiger partial charge is 0.326 e. The van der Waals surface area contributed by atoms with Gasteiger partial charge in [0.05, 0.1) is 6.54 Å². The van der Waals surface area contributed by atoms with E-state index in [0.29, 0.717) is 0 Å². The lowest BCUT2D eigenvalue weighted by Crippen LogP contribution is -2.47. The van der Waals surface area contributed by atoms with Crippen LogP contribution >= 0.6 is 0 Å². The van der Waals surface area contributed by atoms with Gasteiger partial charge in [-0.1, -0.05) is 20.3 Å². The van der Waals surface area contributed by atoms with E-state index in [4.69, 9.17) is 5.11 Å². The van der Waals surface area contributed by atoms with E-state index in [0.717, 1.165) is 6.42 Å². The molecule has 1 amide bonds. The van der Waals surface area contributed by atoms with Gasteiger partial charge in [-0.25, -0.2) is 4.79 Å². The van der Waals surface area contributed by atoms with Gasteiger partial charge >= 0.3 is 5.97 Å². The second-order valence-electron chi connectivity index (χ2n) is 3.30. The first-order valence-corrected chi connectivity index (χ1v) is 4.69. The zero-order valence-corrected chi connectivity index (χ0v) is 8.83. The van der Waals surface area contributed by atoms with Crippen LogP contribution in [-0.2, 0) is 9.59 Å². The Morgan fingerprint density at radius 2 is 2.00 bits per heavy atom. The van der Waals surface area contributed by atoms with Crippen LogP contribution in [0.15, 0.2) is 0 Å². The minimum atomic E-state index is -0.983. The van der Waals surface area contributed by atoms with Crippen molar-refractivity contribution < 1.29 is 14.7 Å². The van der Waals surface area contributed by atoms with Crippen molar-refractivity contribution >= 4 is 11.9 Å². The summed E-state index contributed by atoms with van der Waals surface area (Å²) >= 11 is 0. The van der Waals surface area contributed by atoms with Crippen molar-refractivity contribution in [1.29, 1.82) is 0 Å². The molecule has 14 heavy (non-hydrogen) atoms. The van der Waals surface area contributed by atoms with E-state index in [2.05, 4.69) is 10.6 Å². The van der Waals surface area contributed by atoms with E-state index in [1.807, 2.05) is 6.92 Å². The third-order valence-electron chi connectivity index (χ3n) is 2.13. The standard InChI is InChI=1S/C9H18N2O3/c1-4-6(2)8(9(13)14)11-7(12)5-10-3/h6,8,10H,4-5H2,1-3H3,(H,11,12)(H,13,14)/t6-,8-/m1/s1. The Hall–Kier alpha value is -1.10. The van der Waals surface area contributed by atoms with Gasteiger partial charge in [0, 0.05) is 0 Å². The fourth-order valence-corrected chi connectivity index (χ4v) is 1.07. The Labute approximate surface area is 83.9 Å². The number of nitrogens with one attached hydrogen (secondary N) is 2. The van der Waals surface area contributed by atoms with E-state index in [1.165, 1.54) is 0 Å². The first-order valence-electron chi connectivity index (χ1n) is 4.69. The lowest BCUT2D eigenvalue weighted by molar-refractivity contribution is -0.143. The van der Waals surface area contributed by atoms with Crippen LogP contribution in [0.25, 0.3) is 0 Å². The maximum absolute atomic E-state index is 11.1. The molecule has 0 saturated carbocycles. The van der Waals surface area contributed by atoms with Crippen LogP contribution < -0.4 is 10.6 Å². The lowest BCUT2D eigenvalue weighted by atomic mass is 9.99. The van der Waals surface area contributed by atoms with Crippen molar-refractivity contribution in [3.63, 3.8) is 0 Å². The second kappa shape index (κ2) is 6.37. The number of carbonyl (C=O) groups excluding carboxylic acids is 1. The zero-order chi connectivity index (χ0) is 11.1. The summed E-state index contributed by atoms with van der Waals surface area (Å²) in [6.45, 7) is 3.84.